The lowest BCUT2D eigenvalue weighted by Gasteiger charge is -2.09. The Labute approximate surface area is 157 Å². The van der Waals surface area contributed by atoms with Crippen molar-refractivity contribution >= 4 is 17.4 Å². The van der Waals surface area contributed by atoms with Gasteiger partial charge in [0.1, 0.15) is 18.1 Å². The van der Waals surface area contributed by atoms with Gasteiger partial charge in [-0.1, -0.05) is 53.6 Å². The fourth-order valence-corrected chi connectivity index (χ4v) is 2.70. The number of rotatable bonds is 6. The van der Waals surface area contributed by atoms with E-state index in [0.717, 1.165) is 11.1 Å². The first-order valence-corrected chi connectivity index (χ1v) is 8.68. The highest BCUT2D eigenvalue weighted by molar-refractivity contribution is 6.30. The molecule has 1 N–H and O–H groups in total. The number of carbonyl (C=O) groups excluding carboxylic acids is 1. The standard InChI is InChI=1S/C22H19ClO3/c1-15-2-4-17(5-3-15)14-26-19-10-11-20(22(25)13-19)21(24)12-16-6-8-18(23)9-7-16/h2-11,13,25H,12,14H2,1H3. The molecular weight excluding hydrogens is 348 g/mol. The minimum absolute atomic E-state index is 0.0784. The summed E-state index contributed by atoms with van der Waals surface area (Å²) in [6.45, 7) is 2.43. The molecule has 0 spiro atoms. The molecule has 0 heterocycles. The summed E-state index contributed by atoms with van der Waals surface area (Å²) in [6, 6.07) is 19.9. The molecular formula is C22H19ClO3. The number of phenols is 1. The van der Waals surface area contributed by atoms with E-state index >= 15 is 0 Å². The summed E-state index contributed by atoms with van der Waals surface area (Å²) in [5.74, 6) is 0.284. The number of aromatic hydroxyl groups is 1. The number of ether oxygens (including phenoxy) is 1. The van der Waals surface area contributed by atoms with Crippen LogP contribution in [-0.2, 0) is 13.0 Å². The van der Waals surface area contributed by atoms with Gasteiger partial charge in [0.25, 0.3) is 0 Å². The second kappa shape index (κ2) is 8.07. The Kier molecular flexibility index (Phi) is 5.59. The molecule has 0 saturated heterocycles. The van der Waals surface area contributed by atoms with Gasteiger partial charge in [0, 0.05) is 17.5 Å². The second-order valence-electron chi connectivity index (χ2n) is 6.18. The first-order chi connectivity index (χ1) is 12.5. The summed E-state index contributed by atoms with van der Waals surface area (Å²) in [6.07, 6.45) is 0.203. The third-order valence-corrected chi connectivity index (χ3v) is 4.33. The smallest absolute Gasteiger partial charge is 0.170 e. The van der Waals surface area contributed by atoms with E-state index in [1.54, 1.807) is 36.4 Å². The highest BCUT2D eigenvalue weighted by atomic mass is 35.5. The van der Waals surface area contributed by atoms with E-state index in [2.05, 4.69) is 0 Å². The molecule has 0 aliphatic rings. The zero-order chi connectivity index (χ0) is 18.5. The maximum Gasteiger partial charge on any atom is 0.170 e. The van der Waals surface area contributed by atoms with Crippen LogP contribution in [0, 0.1) is 6.92 Å². The predicted molar refractivity (Wildman–Crippen MR) is 103 cm³/mol. The van der Waals surface area contributed by atoms with Crippen LogP contribution in [0.3, 0.4) is 0 Å². The number of hydrogen-bond acceptors (Lipinski definition) is 3. The van der Waals surface area contributed by atoms with Crippen molar-refractivity contribution in [1.82, 2.24) is 0 Å². The molecule has 4 heteroatoms. The van der Waals surface area contributed by atoms with E-state index in [9.17, 15) is 9.90 Å². The van der Waals surface area contributed by atoms with Gasteiger partial charge in [0.2, 0.25) is 0 Å². The molecule has 0 unspecified atom stereocenters. The Hall–Kier alpha value is -2.78. The molecule has 3 aromatic rings. The molecule has 0 radical (unpaired) electrons. The van der Waals surface area contributed by atoms with E-state index < -0.39 is 0 Å². The quantitative estimate of drug-likeness (QED) is 0.597. The van der Waals surface area contributed by atoms with Gasteiger partial charge in [0.05, 0.1) is 5.56 Å². The summed E-state index contributed by atoms with van der Waals surface area (Å²) in [5, 5.41) is 10.8. The van der Waals surface area contributed by atoms with Gasteiger partial charge in [-0.2, -0.15) is 0 Å². The maximum atomic E-state index is 12.4. The maximum absolute atomic E-state index is 12.4. The minimum Gasteiger partial charge on any atom is -0.507 e. The van der Waals surface area contributed by atoms with Crippen molar-refractivity contribution in [2.75, 3.05) is 0 Å². The van der Waals surface area contributed by atoms with E-state index in [1.165, 1.54) is 11.6 Å². The summed E-state index contributed by atoms with van der Waals surface area (Å²) in [7, 11) is 0. The topological polar surface area (TPSA) is 46.5 Å². The highest BCUT2D eigenvalue weighted by Crippen LogP contribution is 2.26. The average molecular weight is 367 g/mol. The van der Waals surface area contributed by atoms with Gasteiger partial charge in [0.15, 0.2) is 5.78 Å². The van der Waals surface area contributed by atoms with Crippen molar-refractivity contribution in [3.8, 4) is 11.5 Å². The largest absolute Gasteiger partial charge is 0.507 e. The number of phenolic OH excluding ortho intramolecular Hbond substituents is 1. The molecule has 0 aromatic heterocycles. The Morgan fingerprint density at radius 1 is 0.962 bits per heavy atom. The number of carbonyl (C=O) groups is 1. The van der Waals surface area contributed by atoms with Crippen LogP contribution in [-0.4, -0.2) is 10.9 Å². The summed E-state index contributed by atoms with van der Waals surface area (Å²) < 4.78 is 5.69. The molecule has 0 fully saturated rings. The number of ketones is 1. The van der Waals surface area contributed by atoms with E-state index in [4.69, 9.17) is 16.3 Å². The fraction of sp³-hybridized carbons (Fsp3) is 0.136. The van der Waals surface area contributed by atoms with E-state index in [-0.39, 0.29) is 23.5 Å². The molecule has 0 saturated carbocycles. The van der Waals surface area contributed by atoms with Crippen LogP contribution < -0.4 is 4.74 Å². The molecule has 0 aliphatic carbocycles. The number of hydrogen-bond donors (Lipinski definition) is 1. The van der Waals surface area contributed by atoms with Gasteiger partial charge >= 0.3 is 0 Å². The SMILES string of the molecule is Cc1ccc(COc2ccc(C(=O)Cc3ccc(Cl)cc3)c(O)c2)cc1. The van der Waals surface area contributed by atoms with Crippen molar-refractivity contribution < 1.29 is 14.6 Å². The molecule has 132 valence electrons. The van der Waals surface area contributed by atoms with Crippen LogP contribution in [0.1, 0.15) is 27.0 Å². The van der Waals surface area contributed by atoms with Gasteiger partial charge in [-0.25, -0.2) is 0 Å². The van der Waals surface area contributed by atoms with Crippen molar-refractivity contribution in [3.05, 3.63) is 94.0 Å². The Balaban J connectivity index is 1.65. The van der Waals surface area contributed by atoms with Crippen LogP contribution in [0.25, 0.3) is 0 Å². The lowest BCUT2D eigenvalue weighted by Crippen LogP contribution is -2.04. The van der Waals surface area contributed by atoms with Gasteiger partial charge in [-0.05, 0) is 42.3 Å². The third kappa shape index (κ3) is 4.64. The van der Waals surface area contributed by atoms with Crippen LogP contribution >= 0.6 is 11.6 Å². The van der Waals surface area contributed by atoms with Crippen LogP contribution in [0.4, 0.5) is 0 Å². The Morgan fingerprint density at radius 3 is 2.27 bits per heavy atom. The zero-order valence-electron chi connectivity index (χ0n) is 14.4. The summed E-state index contributed by atoms with van der Waals surface area (Å²) in [5.41, 5.74) is 3.36. The normalized spacial score (nSPS) is 10.5. The molecule has 3 nitrogen and oxygen atoms in total. The number of Topliss-reactive ketones (excluding diaryl/α,β-unsaturated/α-hetero) is 1. The van der Waals surface area contributed by atoms with E-state index in [1.807, 2.05) is 31.2 Å². The molecule has 3 aromatic carbocycles. The first kappa shape index (κ1) is 18.0. The fourth-order valence-electron chi connectivity index (χ4n) is 2.57. The summed E-state index contributed by atoms with van der Waals surface area (Å²) in [4.78, 5) is 12.4. The number of benzene rings is 3. The highest BCUT2D eigenvalue weighted by Gasteiger charge is 2.13. The third-order valence-electron chi connectivity index (χ3n) is 4.07. The first-order valence-electron chi connectivity index (χ1n) is 8.30. The lowest BCUT2D eigenvalue weighted by atomic mass is 10.0. The molecule has 0 amide bonds. The Bertz CT molecular complexity index is 900. The van der Waals surface area contributed by atoms with Gasteiger partial charge in [-0.3, -0.25) is 4.79 Å². The van der Waals surface area contributed by atoms with Crippen molar-refractivity contribution in [3.63, 3.8) is 0 Å². The average Bonchev–Trinajstić information content (AvgIpc) is 2.63. The Morgan fingerprint density at radius 2 is 1.62 bits per heavy atom. The van der Waals surface area contributed by atoms with Gasteiger partial charge < -0.3 is 9.84 Å². The molecule has 26 heavy (non-hydrogen) atoms. The predicted octanol–water partition coefficient (Wildman–Crippen LogP) is 5.36. The molecule has 0 aliphatic heterocycles. The van der Waals surface area contributed by atoms with Crippen LogP contribution in [0.2, 0.25) is 5.02 Å². The zero-order valence-corrected chi connectivity index (χ0v) is 15.2. The number of aryl methyl sites for hydroxylation is 1. The van der Waals surface area contributed by atoms with Crippen molar-refractivity contribution in [2.45, 2.75) is 20.0 Å². The lowest BCUT2D eigenvalue weighted by molar-refractivity contribution is 0.0990. The minimum atomic E-state index is -0.157. The number of halogens is 1. The van der Waals surface area contributed by atoms with E-state index in [0.29, 0.717) is 17.4 Å². The van der Waals surface area contributed by atoms with Crippen molar-refractivity contribution in [2.24, 2.45) is 0 Å². The molecule has 0 bridgehead atoms. The van der Waals surface area contributed by atoms with Crippen molar-refractivity contribution in [1.29, 1.82) is 0 Å². The van der Waals surface area contributed by atoms with Crippen LogP contribution in [0.15, 0.2) is 66.7 Å². The summed E-state index contributed by atoms with van der Waals surface area (Å²) >= 11 is 5.85. The molecule has 0 atom stereocenters. The second-order valence-corrected chi connectivity index (χ2v) is 6.62. The van der Waals surface area contributed by atoms with Gasteiger partial charge in [-0.15, -0.1) is 0 Å². The molecule has 3 rings (SSSR count). The monoisotopic (exact) mass is 366 g/mol. The van der Waals surface area contributed by atoms with Crippen LogP contribution in [0.5, 0.6) is 11.5 Å².